The fraction of sp³-hybridized carbons (Fsp3) is 0.0667. The minimum Gasteiger partial charge on any atom is -0.503 e. The van der Waals surface area contributed by atoms with Gasteiger partial charge < -0.3 is 9.84 Å². The molecule has 7 heteroatoms. The summed E-state index contributed by atoms with van der Waals surface area (Å²) in [5.74, 6) is -1.05. The summed E-state index contributed by atoms with van der Waals surface area (Å²) in [5, 5.41) is 13.4. The maximum atomic E-state index is 13.4. The van der Waals surface area contributed by atoms with Crippen molar-refractivity contribution in [2.24, 2.45) is 5.10 Å². The average Bonchev–Trinajstić information content (AvgIpc) is 2.50. The number of hydrogen-bond acceptors (Lipinski definition) is 4. The Morgan fingerprint density at radius 2 is 2.14 bits per heavy atom. The Morgan fingerprint density at radius 3 is 2.82 bits per heavy atom. The van der Waals surface area contributed by atoms with Crippen LogP contribution in [0.5, 0.6) is 11.5 Å². The number of methoxy groups -OCH3 is 1. The summed E-state index contributed by atoms with van der Waals surface area (Å²) in [6, 6.07) is 8.75. The van der Waals surface area contributed by atoms with Crippen LogP contribution in [0.25, 0.3) is 0 Å². The molecular weight excluding hydrogens is 355 g/mol. The Kier molecular flexibility index (Phi) is 5.11. The number of halogens is 2. The largest absolute Gasteiger partial charge is 0.503 e. The molecule has 0 aromatic heterocycles. The highest BCUT2D eigenvalue weighted by Crippen LogP contribution is 2.34. The first-order chi connectivity index (χ1) is 10.5. The van der Waals surface area contributed by atoms with Gasteiger partial charge in [-0.05, 0) is 45.8 Å². The molecule has 0 fully saturated rings. The zero-order valence-electron chi connectivity index (χ0n) is 11.5. The molecule has 2 rings (SSSR count). The SMILES string of the molecule is COc1cc(/C=N/NC(=O)c2ccccc2F)cc(Br)c1O. The Labute approximate surface area is 134 Å². The van der Waals surface area contributed by atoms with Crippen molar-refractivity contribution in [1.82, 2.24) is 5.43 Å². The van der Waals surface area contributed by atoms with Crippen molar-refractivity contribution in [3.8, 4) is 11.5 Å². The van der Waals surface area contributed by atoms with Gasteiger partial charge in [0.1, 0.15) is 5.82 Å². The van der Waals surface area contributed by atoms with Gasteiger partial charge in [0.2, 0.25) is 0 Å². The Balaban J connectivity index is 2.12. The van der Waals surface area contributed by atoms with Crippen molar-refractivity contribution in [1.29, 1.82) is 0 Å². The number of phenols is 1. The van der Waals surface area contributed by atoms with Crippen molar-refractivity contribution in [2.75, 3.05) is 7.11 Å². The second-order valence-electron chi connectivity index (χ2n) is 4.23. The van der Waals surface area contributed by atoms with Crippen LogP contribution >= 0.6 is 15.9 Å². The van der Waals surface area contributed by atoms with Gasteiger partial charge in [0.25, 0.3) is 5.91 Å². The molecule has 0 aliphatic heterocycles. The number of benzene rings is 2. The molecule has 0 spiro atoms. The number of hydrazone groups is 1. The van der Waals surface area contributed by atoms with Gasteiger partial charge in [-0.1, -0.05) is 12.1 Å². The minimum absolute atomic E-state index is 0.0324. The lowest BCUT2D eigenvalue weighted by Crippen LogP contribution is -2.18. The van der Waals surface area contributed by atoms with Crippen LogP contribution in [-0.2, 0) is 0 Å². The molecule has 2 aromatic carbocycles. The zero-order valence-corrected chi connectivity index (χ0v) is 13.1. The summed E-state index contributed by atoms with van der Waals surface area (Å²) in [6.07, 6.45) is 1.35. The first-order valence-corrected chi connectivity index (χ1v) is 6.96. The highest BCUT2D eigenvalue weighted by molar-refractivity contribution is 9.10. The number of hydrogen-bond donors (Lipinski definition) is 2. The number of aromatic hydroxyl groups is 1. The van der Waals surface area contributed by atoms with Crippen molar-refractivity contribution < 1.29 is 19.0 Å². The maximum absolute atomic E-state index is 13.4. The van der Waals surface area contributed by atoms with E-state index in [-0.39, 0.29) is 17.1 Å². The van der Waals surface area contributed by atoms with E-state index in [1.807, 2.05) is 0 Å². The smallest absolute Gasteiger partial charge is 0.274 e. The van der Waals surface area contributed by atoms with E-state index in [0.717, 1.165) is 0 Å². The second kappa shape index (κ2) is 7.04. The molecule has 2 N–H and O–H groups in total. The predicted octanol–water partition coefficient (Wildman–Crippen LogP) is 3.07. The van der Waals surface area contributed by atoms with Gasteiger partial charge in [0, 0.05) is 0 Å². The zero-order chi connectivity index (χ0) is 16.1. The lowest BCUT2D eigenvalue weighted by Gasteiger charge is -2.06. The summed E-state index contributed by atoms with van der Waals surface area (Å²) >= 11 is 3.18. The minimum atomic E-state index is -0.654. The van der Waals surface area contributed by atoms with Crippen LogP contribution in [0.15, 0.2) is 46.0 Å². The normalized spacial score (nSPS) is 10.7. The summed E-state index contributed by atoms with van der Waals surface area (Å²) < 4.78 is 18.8. The molecule has 0 atom stereocenters. The van der Waals surface area contributed by atoms with Crippen molar-refractivity contribution >= 4 is 28.1 Å². The third-order valence-corrected chi connectivity index (χ3v) is 3.37. The van der Waals surface area contributed by atoms with Crippen molar-refractivity contribution in [2.45, 2.75) is 0 Å². The Bertz CT molecular complexity index is 735. The van der Waals surface area contributed by atoms with E-state index in [0.29, 0.717) is 10.0 Å². The summed E-state index contributed by atoms with van der Waals surface area (Å²) in [4.78, 5) is 11.8. The van der Waals surface area contributed by atoms with Crippen molar-refractivity contribution in [3.63, 3.8) is 0 Å². The molecule has 1 amide bonds. The Hall–Kier alpha value is -2.41. The molecule has 114 valence electrons. The maximum Gasteiger partial charge on any atom is 0.274 e. The van der Waals surface area contributed by atoms with Crippen LogP contribution in [0, 0.1) is 5.82 Å². The Morgan fingerprint density at radius 1 is 1.41 bits per heavy atom. The van der Waals surface area contributed by atoms with Gasteiger partial charge >= 0.3 is 0 Å². The number of rotatable bonds is 4. The molecule has 0 radical (unpaired) electrons. The van der Waals surface area contributed by atoms with Gasteiger partial charge in [0.15, 0.2) is 11.5 Å². The first-order valence-electron chi connectivity index (χ1n) is 6.17. The van der Waals surface area contributed by atoms with E-state index < -0.39 is 11.7 Å². The first kappa shape index (κ1) is 16.0. The topological polar surface area (TPSA) is 70.9 Å². The number of phenolic OH excluding ortho intramolecular Hbond substituents is 1. The van der Waals surface area contributed by atoms with Gasteiger partial charge in [-0.25, -0.2) is 9.82 Å². The number of amides is 1. The van der Waals surface area contributed by atoms with E-state index in [9.17, 15) is 14.3 Å². The van der Waals surface area contributed by atoms with Crippen LogP contribution in [0.4, 0.5) is 4.39 Å². The molecule has 0 aliphatic carbocycles. The fourth-order valence-electron chi connectivity index (χ4n) is 1.69. The third-order valence-electron chi connectivity index (χ3n) is 2.77. The summed E-state index contributed by atoms with van der Waals surface area (Å²) in [5.41, 5.74) is 2.72. The van der Waals surface area contributed by atoms with Gasteiger partial charge in [-0.3, -0.25) is 4.79 Å². The van der Waals surface area contributed by atoms with Gasteiger partial charge in [-0.15, -0.1) is 0 Å². The molecule has 0 heterocycles. The van der Waals surface area contributed by atoms with E-state index in [1.54, 1.807) is 18.2 Å². The molecule has 0 bridgehead atoms. The van der Waals surface area contributed by atoms with Crippen LogP contribution in [0.2, 0.25) is 0 Å². The fourth-order valence-corrected chi connectivity index (χ4v) is 2.15. The van der Waals surface area contributed by atoms with E-state index >= 15 is 0 Å². The van der Waals surface area contributed by atoms with Gasteiger partial charge in [0.05, 0.1) is 23.4 Å². The van der Waals surface area contributed by atoms with Crippen LogP contribution in [0.1, 0.15) is 15.9 Å². The summed E-state index contributed by atoms with van der Waals surface area (Å²) in [7, 11) is 1.42. The van der Waals surface area contributed by atoms with Crippen LogP contribution < -0.4 is 10.2 Å². The van der Waals surface area contributed by atoms with Gasteiger partial charge in [-0.2, -0.15) is 5.10 Å². The molecule has 0 aliphatic rings. The van der Waals surface area contributed by atoms with Crippen LogP contribution in [0.3, 0.4) is 0 Å². The van der Waals surface area contributed by atoms with E-state index in [4.69, 9.17) is 4.74 Å². The summed E-state index contributed by atoms with van der Waals surface area (Å²) in [6.45, 7) is 0. The lowest BCUT2D eigenvalue weighted by molar-refractivity contribution is 0.0951. The van der Waals surface area contributed by atoms with Crippen molar-refractivity contribution in [3.05, 3.63) is 57.8 Å². The predicted molar refractivity (Wildman–Crippen MR) is 83.8 cm³/mol. The number of nitrogens with zero attached hydrogens (tertiary/aromatic N) is 1. The average molecular weight is 367 g/mol. The number of carbonyl (C=O) groups excluding carboxylic acids is 1. The second-order valence-corrected chi connectivity index (χ2v) is 5.09. The molecule has 5 nitrogen and oxygen atoms in total. The molecular formula is C15H12BrFN2O3. The standard InChI is InChI=1S/C15H12BrFN2O3/c1-22-13-7-9(6-11(16)14(13)20)8-18-19-15(21)10-4-2-3-5-12(10)17/h2-8,20H,1H3,(H,19,21)/b18-8+. The highest BCUT2D eigenvalue weighted by atomic mass is 79.9. The molecule has 0 saturated heterocycles. The number of ether oxygens (including phenoxy) is 1. The molecule has 0 saturated carbocycles. The highest BCUT2D eigenvalue weighted by Gasteiger charge is 2.10. The molecule has 0 unspecified atom stereocenters. The third kappa shape index (κ3) is 3.62. The molecule has 22 heavy (non-hydrogen) atoms. The van der Waals surface area contributed by atoms with E-state index in [1.165, 1.54) is 31.5 Å². The lowest BCUT2D eigenvalue weighted by atomic mass is 10.2. The number of nitrogens with one attached hydrogen (secondary N) is 1. The molecule has 2 aromatic rings. The number of carbonyl (C=O) groups is 1. The quantitative estimate of drug-likeness (QED) is 0.645. The van der Waals surface area contributed by atoms with Crippen LogP contribution in [-0.4, -0.2) is 24.3 Å². The van der Waals surface area contributed by atoms with E-state index in [2.05, 4.69) is 26.5 Å². The monoisotopic (exact) mass is 366 g/mol.